The summed E-state index contributed by atoms with van der Waals surface area (Å²) in [5, 5.41) is 0.484. The van der Waals surface area contributed by atoms with Crippen LogP contribution in [0.3, 0.4) is 0 Å². The topological polar surface area (TPSA) is 52.3 Å². The van der Waals surface area contributed by atoms with Crippen LogP contribution in [-0.2, 0) is 9.53 Å². The largest absolute Gasteiger partial charge is 0.460 e. The molecule has 2 atom stereocenters. The third-order valence-electron chi connectivity index (χ3n) is 2.49. The van der Waals surface area contributed by atoms with Crippen molar-refractivity contribution >= 4 is 21.9 Å². The summed E-state index contributed by atoms with van der Waals surface area (Å²) in [5.74, 6) is -0.651. The van der Waals surface area contributed by atoms with E-state index in [-0.39, 0.29) is 17.9 Å². The molecule has 0 bridgehead atoms. The number of hydrogen-bond donors (Lipinski definition) is 1. The van der Waals surface area contributed by atoms with E-state index in [4.69, 9.17) is 10.5 Å². The van der Waals surface area contributed by atoms with E-state index in [0.29, 0.717) is 5.33 Å². The number of ether oxygens (including phenoxy) is 1. The van der Waals surface area contributed by atoms with Crippen molar-refractivity contribution in [2.24, 2.45) is 11.7 Å². The van der Waals surface area contributed by atoms with E-state index >= 15 is 0 Å². The van der Waals surface area contributed by atoms with Crippen LogP contribution in [0.15, 0.2) is 30.3 Å². The molecule has 0 radical (unpaired) electrons. The van der Waals surface area contributed by atoms with Gasteiger partial charge in [0.05, 0.1) is 5.92 Å². The van der Waals surface area contributed by atoms with Crippen molar-refractivity contribution in [3.05, 3.63) is 35.9 Å². The van der Waals surface area contributed by atoms with Crippen LogP contribution in [0.4, 0.5) is 0 Å². The van der Waals surface area contributed by atoms with E-state index in [9.17, 15) is 4.79 Å². The summed E-state index contributed by atoms with van der Waals surface area (Å²) in [7, 11) is 0. The number of alkyl halides is 1. The third kappa shape index (κ3) is 4.42. The molecule has 0 heterocycles. The highest BCUT2D eigenvalue weighted by Gasteiger charge is 2.30. The molecule has 0 aliphatic carbocycles. The van der Waals surface area contributed by atoms with Gasteiger partial charge in [-0.1, -0.05) is 46.3 Å². The third-order valence-corrected chi connectivity index (χ3v) is 3.19. The van der Waals surface area contributed by atoms with E-state index in [1.807, 2.05) is 51.1 Å². The molecule has 0 saturated heterocycles. The van der Waals surface area contributed by atoms with Gasteiger partial charge in [0.1, 0.15) is 5.60 Å². The molecule has 2 N–H and O–H groups in total. The van der Waals surface area contributed by atoms with Crippen LogP contribution in [-0.4, -0.2) is 16.9 Å². The van der Waals surface area contributed by atoms with Crippen LogP contribution in [0.2, 0.25) is 0 Å². The van der Waals surface area contributed by atoms with Gasteiger partial charge in [-0.15, -0.1) is 0 Å². The van der Waals surface area contributed by atoms with E-state index in [0.717, 1.165) is 5.56 Å². The van der Waals surface area contributed by atoms with Crippen LogP contribution in [0.1, 0.15) is 32.4 Å². The number of hydrogen-bond acceptors (Lipinski definition) is 3. The number of nitrogens with two attached hydrogens (primary N) is 1. The van der Waals surface area contributed by atoms with Gasteiger partial charge in [0.2, 0.25) is 0 Å². The number of carbonyl (C=O) groups is 1. The summed E-state index contributed by atoms with van der Waals surface area (Å²) < 4.78 is 5.38. The van der Waals surface area contributed by atoms with Crippen LogP contribution < -0.4 is 5.73 Å². The average molecular weight is 314 g/mol. The molecule has 0 aliphatic heterocycles. The van der Waals surface area contributed by atoms with Gasteiger partial charge < -0.3 is 10.5 Å². The van der Waals surface area contributed by atoms with Gasteiger partial charge in [0, 0.05) is 11.4 Å². The molecule has 1 aromatic carbocycles. The zero-order valence-corrected chi connectivity index (χ0v) is 12.6. The van der Waals surface area contributed by atoms with Crippen molar-refractivity contribution < 1.29 is 9.53 Å². The minimum Gasteiger partial charge on any atom is -0.460 e. The smallest absolute Gasteiger partial charge is 0.312 e. The normalized spacial score (nSPS) is 14.9. The fraction of sp³-hybridized carbons (Fsp3) is 0.500. The van der Waals surface area contributed by atoms with Gasteiger partial charge in [-0.3, -0.25) is 4.79 Å². The molecule has 1 unspecified atom stereocenters. The van der Waals surface area contributed by atoms with Crippen molar-refractivity contribution in [1.29, 1.82) is 0 Å². The van der Waals surface area contributed by atoms with E-state index in [2.05, 4.69) is 15.9 Å². The zero-order valence-electron chi connectivity index (χ0n) is 11.0. The second-order valence-corrected chi connectivity index (χ2v) is 5.88. The maximum atomic E-state index is 12.1. The first-order chi connectivity index (χ1) is 8.35. The molecular weight excluding hydrogens is 294 g/mol. The summed E-state index contributed by atoms with van der Waals surface area (Å²) in [6.07, 6.45) is 0. The first-order valence-corrected chi connectivity index (χ1v) is 7.06. The standard InChI is InChI=1S/C14H20BrNO2/c1-14(2,3)18-13(17)11(9-15)12(16)10-7-5-4-6-8-10/h4-8,11-12H,9,16H2,1-3H3/t11-,12?/m0/s1. The summed E-state index contributed by atoms with van der Waals surface area (Å²) in [4.78, 5) is 12.1. The molecule has 3 nitrogen and oxygen atoms in total. The molecule has 0 spiro atoms. The van der Waals surface area contributed by atoms with Crippen LogP contribution in [0.25, 0.3) is 0 Å². The highest BCUT2D eigenvalue weighted by Crippen LogP contribution is 2.24. The van der Waals surface area contributed by atoms with Crippen LogP contribution in [0.5, 0.6) is 0 Å². The van der Waals surface area contributed by atoms with Gasteiger partial charge in [-0.25, -0.2) is 0 Å². The quantitative estimate of drug-likeness (QED) is 0.686. The number of benzene rings is 1. The highest BCUT2D eigenvalue weighted by molar-refractivity contribution is 9.09. The average Bonchev–Trinajstić information content (AvgIpc) is 2.28. The fourth-order valence-corrected chi connectivity index (χ4v) is 2.26. The van der Waals surface area contributed by atoms with Crippen molar-refractivity contribution in [1.82, 2.24) is 0 Å². The first kappa shape index (κ1) is 15.2. The Bertz CT molecular complexity index is 387. The molecular formula is C14H20BrNO2. The van der Waals surface area contributed by atoms with E-state index in [1.54, 1.807) is 0 Å². The minimum absolute atomic E-state index is 0.268. The Kier molecular flexibility index (Phi) is 5.35. The fourth-order valence-electron chi connectivity index (χ4n) is 1.59. The van der Waals surface area contributed by atoms with Gasteiger partial charge in [-0.05, 0) is 26.3 Å². The van der Waals surface area contributed by atoms with E-state index < -0.39 is 5.60 Å². The number of esters is 1. The maximum Gasteiger partial charge on any atom is 0.312 e. The first-order valence-electron chi connectivity index (χ1n) is 5.94. The highest BCUT2D eigenvalue weighted by atomic mass is 79.9. The van der Waals surface area contributed by atoms with Gasteiger partial charge in [0.15, 0.2) is 0 Å². The van der Waals surface area contributed by atoms with Crippen LogP contribution in [0, 0.1) is 5.92 Å². The van der Waals surface area contributed by atoms with Gasteiger partial charge >= 0.3 is 5.97 Å². The maximum absolute atomic E-state index is 12.1. The molecule has 0 amide bonds. The molecule has 0 aromatic heterocycles. The Hall–Kier alpha value is -0.870. The second kappa shape index (κ2) is 6.34. The number of carbonyl (C=O) groups excluding carboxylic acids is 1. The molecule has 1 rings (SSSR count). The lowest BCUT2D eigenvalue weighted by Gasteiger charge is -2.26. The molecule has 0 fully saturated rings. The van der Waals surface area contributed by atoms with Crippen molar-refractivity contribution in [3.63, 3.8) is 0 Å². The minimum atomic E-state index is -0.492. The lowest BCUT2D eigenvalue weighted by Crippen LogP contribution is -2.35. The zero-order chi connectivity index (χ0) is 13.8. The number of rotatable bonds is 4. The molecule has 1 aromatic rings. The van der Waals surface area contributed by atoms with Crippen LogP contribution >= 0.6 is 15.9 Å². The summed E-state index contributed by atoms with van der Waals surface area (Å²) in [6, 6.07) is 9.23. The lowest BCUT2D eigenvalue weighted by molar-refractivity contribution is -0.159. The Morgan fingerprint density at radius 3 is 2.33 bits per heavy atom. The Labute approximate surface area is 117 Å². The number of halogens is 1. The van der Waals surface area contributed by atoms with Gasteiger partial charge in [-0.2, -0.15) is 0 Å². The Morgan fingerprint density at radius 1 is 1.33 bits per heavy atom. The van der Waals surface area contributed by atoms with Crippen molar-refractivity contribution in [2.45, 2.75) is 32.4 Å². The lowest BCUT2D eigenvalue weighted by atomic mass is 9.95. The predicted molar refractivity (Wildman–Crippen MR) is 76.5 cm³/mol. The second-order valence-electron chi connectivity index (χ2n) is 5.23. The molecule has 4 heteroatoms. The molecule has 0 saturated carbocycles. The van der Waals surface area contributed by atoms with Crippen molar-refractivity contribution in [2.75, 3.05) is 5.33 Å². The predicted octanol–water partition coefficient (Wildman–Crippen LogP) is 3.04. The van der Waals surface area contributed by atoms with Gasteiger partial charge in [0.25, 0.3) is 0 Å². The molecule has 18 heavy (non-hydrogen) atoms. The molecule has 0 aliphatic rings. The SMILES string of the molecule is CC(C)(C)OC(=O)[C@@H](CBr)C(N)c1ccccc1. The monoisotopic (exact) mass is 313 g/mol. The summed E-state index contributed by atoms with van der Waals surface area (Å²) >= 11 is 3.34. The Morgan fingerprint density at radius 2 is 1.89 bits per heavy atom. The summed E-state index contributed by atoms with van der Waals surface area (Å²) in [6.45, 7) is 5.55. The van der Waals surface area contributed by atoms with E-state index in [1.165, 1.54) is 0 Å². The van der Waals surface area contributed by atoms with Crippen molar-refractivity contribution in [3.8, 4) is 0 Å². The summed E-state index contributed by atoms with van der Waals surface area (Å²) in [5.41, 5.74) is 6.58. The molecule has 100 valence electrons. The Balaban J connectivity index is 2.81.